The van der Waals surface area contributed by atoms with E-state index in [1.807, 2.05) is 19.1 Å². The van der Waals surface area contributed by atoms with Crippen LogP contribution in [-0.2, 0) is 14.3 Å². The van der Waals surface area contributed by atoms with Crippen LogP contribution in [0.25, 0.3) is 0 Å². The minimum absolute atomic E-state index is 0.127. The molecule has 1 aliphatic carbocycles. The number of rotatable bonds is 13. The molecule has 0 saturated heterocycles. The fourth-order valence-corrected chi connectivity index (χ4v) is 3.82. The van der Waals surface area contributed by atoms with Crippen LogP contribution in [0.1, 0.15) is 84.5 Å². The molecular formula is C22H38O5. The van der Waals surface area contributed by atoms with Crippen LogP contribution in [0.15, 0.2) is 12.2 Å². The van der Waals surface area contributed by atoms with Gasteiger partial charge in [0.15, 0.2) is 0 Å². The number of hydrogen-bond acceptors (Lipinski definition) is 5. The predicted molar refractivity (Wildman–Crippen MR) is 106 cm³/mol. The molecule has 1 rings (SSSR count). The third-order valence-electron chi connectivity index (χ3n) is 5.59. The normalized spacial score (nSPS) is 25.1. The quantitative estimate of drug-likeness (QED) is 0.286. The maximum Gasteiger partial charge on any atom is 0.305 e. The van der Waals surface area contributed by atoms with Gasteiger partial charge in [-0.3, -0.25) is 9.59 Å². The number of aliphatic hydroxyl groups excluding tert-OH is 1. The van der Waals surface area contributed by atoms with Crippen LogP contribution in [-0.4, -0.2) is 40.8 Å². The van der Waals surface area contributed by atoms with Crippen LogP contribution in [0.4, 0.5) is 0 Å². The van der Waals surface area contributed by atoms with Gasteiger partial charge in [0.1, 0.15) is 5.78 Å². The maximum atomic E-state index is 12.2. The minimum atomic E-state index is -0.727. The van der Waals surface area contributed by atoms with Gasteiger partial charge in [0, 0.05) is 24.7 Å². The highest BCUT2D eigenvalue weighted by Gasteiger charge is 2.39. The first-order valence-electron chi connectivity index (χ1n) is 10.5. The summed E-state index contributed by atoms with van der Waals surface area (Å²) in [6.07, 6.45) is 11.7. The molecule has 0 aromatic rings. The molecule has 0 heterocycles. The summed E-state index contributed by atoms with van der Waals surface area (Å²) in [7, 11) is 1.40. The summed E-state index contributed by atoms with van der Waals surface area (Å²) in [5, 5.41) is 20.6. The first-order valence-corrected chi connectivity index (χ1v) is 10.5. The lowest BCUT2D eigenvalue weighted by Crippen LogP contribution is -2.23. The second-order valence-electron chi connectivity index (χ2n) is 8.18. The summed E-state index contributed by atoms with van der Waals surface area (Å²) >= 11 is 0. The molecule has 1 fully saturated rings. The number of ketones is 1. The number of carbonyl (C=O) groups is 2. The summed E-state index contributed by atoms with van der Waals surface area (Å²) in [5.74, 6) is -0.305. The van der Waals surface area contributed by atoms with Crippen molar-refractivity contribution in [2.75, 3.05) is 7.11 Å². The predicted octanol–water partition coefficient (Wildman–Crippen LogP) is 3.95. The van der Waals surface area contributed by atoms with E-state index in [1.54, 1.807) is 0 Å². The van der Waals surface area contributed by atoms with Crippen molar-refractivity contribution in [3.8, 4) is 0 Å². The molecule has 0 amide bonds. The molecular weight excluding hydrogens is 344 g/mol. The lowest BCUT2D eigenvalue weighted by Gasteiger charge is -2.22. The number of carbonyl (C=O) groups excluding carboxylic acids is 2. The summed E-state index contributed by atoms with van der Waals surface area (Å²) in [4.78, 5) is 23.3. The van der Waals surface area contributed by atoms with Gasteiger partial charge >= 0.3 is 5.97 Å². The number of unbranched alkanes of at least 4 members (excludes halogenated alkanes) is 4. The molecule has 4 atom stereocenters. The largest absolute Gasteiger partial charge is 0.469 e. The van der Waals surface area contributed by atoms with E-state index in [0.717, 1.165) is 51.4 Å². The van der Waals surface area contributed by atoms with Crippen molar-refractivity contribution in [1.82, 2.24) is 0 Å². The van der Waals surface area contributed by atoms with Gasteiger partial charge in [0.2, 0.25) is 0 Å². The third kappa shape index (κ3) is 9.02. The van der Waals surface area contributed by atoms with Gasteiger partial charge in [-0.1, -0.05) is 51.2 Å². The topological polar surface area (TPSA) is 83.8 Å². The van der Waals surface area contributed by atoms with Crippen LogP contribution in [0.2, 0.25) is 0 Å². The standard InChI is InChI=1S/C22H38O5/c1-4-5-14-22(2,26)15-10-12-18-17(19(23)16-20(18)24)11-8-6-7-9-13-21(25)27-3/h10,12,17-18,20,24,26H,4-9,11,13-16H2,1-3H3/t17?,18?,20?,22-/m0/s1. The molecule has 0 aliphatic heterocycles. The second-order valence-corrected chi connectivity index (χ2v) is 8.18. The maximum absolute atomic E-state index is 12.2. The van der Waals surface area contributed by atoms with Crippen molar-refractivity contribution >= 4 is 11.8 Å². The number of ether oxygens (including phenoxy) is 1. The zero-order valence-corrected chi connectivity index (χ0v) is 17.3. The SMILES string of the molecule is CCCC[C@](C)(O)CC=CC1C(O)CC(=O)C1CCCCCCC(=O)OC. The van der Waals surface area contributed by atoms with Crippen LogP contribution in [0, 0.1) is 11.8 Å². The Bertz CT molecular complexity index is 483. The molecule has 0 aromatic heterocycles. The van der Waals surface area contributed by atoms with Crippen molar-refractivity contribution in [3.63, 3.8) is 0 Å². The molecule has 5 heteroatoms. The van der Waals surface area contributed by atoms with E-state index < -0.39 is 11.7 Å². The fraction of sp³-hybridized carbons (Fsp3) is 0.818. The summed E-state index contributed by atoms with van der Waals surface area (Å²) < 4.78 is 4.62. The van der Waals surface area contributed by atoms with Gasteiger partial charge in [-0.2, -0.15) is 0 Å². The number of Topliss-reactive ketones (excluding diaryl/α,β-unsaturated/α-hetero) is 1. The van der Waals surface area contributed by atoms with E-state index in [9.17, 15) is 19.8 Å². The molecule has 5 nitrogen and oxygen atoms in total. The number of hydrogen-bond donors (Lipinski definition) is 2. The van der Waals surface area contributed by atoms with E-state index >= 15 is 0 Å². The van der Waals surface area contributed by atoms with Crippen molar-refractivity contribution in [1.29, 1.82) is 0 Å². The minimum Gasteiger partial charge on any atom is -0.469 e. The first kappa shape index (κ1) is 23.8. The molecule has 0 spiro atoms. The van der Waals surface area contributed by atoms with Crippen LogP contribution in [0.3, 0.4) is 0 Å². The zero-order chi connectivity index (χ0) is 20.3. The van der Waals surface area contributed by atoms with Crippen molar-refractivity contribution in [3.05, 3.63) is 12.2 Å². The summed E-state index contributed by atoms with van der Waals surface area (Å²) in [6, 6.07) is 0. The Morgan fingerprint density at radius 3 is 2.63 bits per heavy atom. The molecule has 3 unspecified atom stereocenters. The fourth-order valence-electron chi connectivity index (χ4n) is 3.82. The van der Waals surface area contributed by atoms with E-state index in [4.69, 9.17) is 0 Å². The van der Waals surface area contributed by atoms with Gasteiger partial charge in [-0.05, 0) is 32.6 Å². The molecule has 156 valence electrons. The van der Waals surface area contributed by atoms with E-state index in [2.05, 4.69) is 11.7 Å². The average molecular weight is 383 g/mol. The Balaban J connectivity index is 2.42. The Morgan fingerprint density at radius 1 is 1.26 bits per heavy atom. The van der Waals surface area contributed by atoms with Gasteiger partial charge in [-0.15, -0.1) is 0 Å². The lowest BCUT2D eigenvalue weighted by molar-refractivity contribution is -0.140. The van der Waals surface area contributed by atoms with Gasteiger partial charge < -0.3 is 14.9 Å². The smallest absolute Gasteiger partial charge is 0.305 e. The second kappa shape index (κ2) is 12.3. The summed E-state index contributed by atoms with van der Waals surface area (Å²) in [6.45, 7) is 3.95. The number of methoxy groups -OCH3 is 1. The van der Waals surface area contributed by atoms with Crippen LogP contribution < -0.4 is 0 Å². The molecule has 0 radical (unpaired) electrons. The highest BCUT2D eigenvalue weighted by molar-refractivity contribution is 5.84. The molecule has 1 aliphatic rings. The van der Waals surface area contributed by atoms with Gasteiger partial charge in [0.05, 0.1) is 18.8 Å². The average Bonchev–Trinajstić information content (AvgIpc) is 2.89. The van der Waals surface area contributed by atoms with Gasteiger partial charge in [0.25, 0.3) is 0 Å². The van der Waals surface area contributed by atoms with Crippen LogP contribution in [0.5, 0.6) is 0 Å². The number of aliphatic hydroxyl groups is 2. The Kier molecular flexibility index (Phi) is 10.9. The molecule has 0 aromatic carbocycles. The number of esters is 1. The van der Waals surface area contributed by atoms with E-state index in [1.165, 1.54) is 7.11 Å². The highest BCUT2D eigenvalue weighted by atomic mass is 16.5. The lowest BCUT2D eigenvalue weighted by atomic mass is 9.87. The Hall–Kier alpha value is -1.20. The van der Waals surface area contributed by atoms with Crippen molar-refractivity contribution in [2.24, 2.45) is 11.8 Å². The zero-order valence-electron chi connectivity index (χ0n) is 17.3. The van der Waals surface area contributed by atoms with E-state index in [-0.39, 0.29) is 30.0 Å². The summed E-state index contributed by atoms with van der Waals surface area (Å²) in [5.41, 5.74) is -0.727. The highest BCUT2D eigenvalue weighted by Crippen LogP contribution is 2.34. The molecule has 27 heavy (non-hydrogen) atoms. The molecule has 1 saturated carbocycles. The third-order valence-corrected chi connectivity index (χ3v) is 5.59. The first-order chi connectivity index (χ1) is 12.8. The molecule has 2 N–H and O–H groups in total. The van der Waals surface area contributed by atoms with Crippen LogP contribution >= 0.6 is 0 Å². The van der Waals surface area contributed by atoms with Crippen molar-refractivity contribution < 1.29 is 24.5 Å². The Labute approximate surface area is 164 Å². The van der Waals surface area contributed by atoms with Gasteiger partial charge in [-0.25, -0.2) is 0 Å². The van der Waals surface area contributed by atoms with E-state index in [0.29, 0.717) is 12.8 Å². The Morgan fingerprint density at radius 2 is 1.96 bits per heavy atom. The monoisotopic (exact) mass is 382 g/mol. The molecule has 0 bridgehead atoms. The van der Waals surface area contributed by atoms with Crippen molar-refractivity contribution in [2.45, 2.75) is 96.2 Å².